The Labute approximate surface area is 185 Å². The molecule has 0 aliphatic carbocycles. The van der Waals surface area contributed by atoms with Crippen molar-refractivity contribution in [3.05, 3.63) is 83.7 Å². The van der Waals surface area contributed by atoms with Crippen LogP contribution in [-0.4, -0.2) is 40.3 Å². The van der Waals surface area contributed by atoms with Crippen LogP contribution in [0.4, 0.5) is 0 Å². The number of guanidine groups is 1. The van der Waals surface area contributed by atoms with E-state index in [4.69, 9.17) is 4.99 Å². The maximum Gasteiger partial charge on any atom is 0.191 e. The largest absolute Gasteiger partial charge is 0.357 e. The van der Waals surface area contributed by atoms with E-state index in [1.807, 2.05) is 23.0 Å². The summed E-state index contributed by atoms with van der Waals surface area (Å²) in [5.41, 5.74) is 4.85. The number of likely N-dealkylation sites (tertiary alicyclic amines) is 1. The van der Waals surface area contributed by atoms with E-state index >= 15 is 0 Å². The van der Waals surface area contributed by atoms with Gasteiger partial charge in [-0.1, -0.05) is 36.4 Å². The third-order valence-corrected chi connectivity index (χ3v) is 5.53. The number of hydrogen-bond donors (Lipinski definition) is 2. The van der Waals surface area contributed by atoms with Crippen molar-refractivity contribution in [2.75, 3.05) is 19.6 Å². The lowest BCUT2D eigenvalue weighted by atomic mass is 10.1. The first kappa shape index (κ1) is 21.1. The molecule has 3 aromatic rings. The maximum atomic E-state index is 4.77. The van der Waals surface area contributed by atoms with Crippen LogP contribution >= 0.6 is 0 Å². The Morgan fingerprint density at radius 2 is 1.77 bits per heavy atom. The average molecular weight is 417 g/mol. The first-order valence-corrected chi connectivity index (χ1v) is 11.2. The molecule has 0 spiro atoms. The van der Waals surface area contributed by atoms with Crippen LogP contribution in [0.15, 0.2) is 72.0 Å². The van der Waals surface area contributed by atoms with Crippen molar-refractivity contribution >= 4 is 5.96 Å². The van der Waals surface area contributed by atoms with Crippen LogP contribution in [0.5, 0.6) is 0 Å². The van der Waals surface area contributed by atoms with Gasteiger partial charge < -0.3 is 10.6 Å². The van der Waals surface area contributed by atoms with Crippen LogP contribution in [0.25, 0.3) is 5.69 Å². The Morgan fingerprint density at radius 3 is 2.52 bits per heavy atom. The van der Waals surface area contributed by atoms with Gasteiger partial charge in [-0.2, -0.15) is 5.10 Å². The summed E-state index contributed by atoms with van der Waals surface area (Å²) >= 11 is 0. The van der Waals surface area contributed by atoms with Gasteiger partial charge in [-0.25, -0.2) is 9.67 Å². The SMILES string of the molecule is CCNC(=NCc1cccc(-n2cccn2)c1)NCc1ccc(CN2CCCC2)cc1. The van der Waals surface area contributed by atoms with Gasteiger partial charge in [0.25, 0.3) is 0 Å². The standard InChI is InChI=1S/C25H32N6/c1-2-26-25(28-19-23-7-5-8-24(17-23)31-16-6-13-29-31)27-18-21-9-11-22(12-10-21)20-30-14-3-4-15-30/h5-13,16-17H,2-4,14-15,18-20H2,1H3,(H2,26,27,28). The zero-order valence-electron chi connectivity index (χ0n) is 18.3. The zero-order valence-corrected chi connectivity index (χ0v) is 18.3. The van der Waals surface area contributed by atoms with Crippen LogP contribution in [0.1, 0.15) is 36.5 Å². The molecule has 1 aromatic heterocycles. The predicted molar refractivity (Wildman–Crippen MR) is 126 cm³/mol. The van der Waals surface area contributed by atoms with Crippen molar-refractivity contribution < 1.29 is 0 Å². The molecule has 2 heterocycles. The molecule has 0 unspecified atom stereocenters. The van der Waals surface area contributed by atoms with E-state index in [0.717, 1.165) is 36.8 Å². The topological polar surface area (TPSA) is 57.5 Å². The molecule has 2 aromatic carbocycles. The van der Waals surface area contributed by atoms with E-state index in [1.165, 1.54) is 37.1 Å². The van der Waals surface area contributed by atoms with Gasteiger partial charge in [0.05, 0.1) is 12.2 Å². The molecule has 2 N–H and O–H groups in total. The zero-order chi connectivity index (χ0) is 21.3. The van der Waals surface area contributed by atoms with Gasteiger partial charge in [0, 0.05) is 32.0 Å². The van der Waals surface area contributed by atoms with Gasteiger partial charge in [0.2, 0.25) is 0 Å². The monoisotopic (exact) mass is 416 g/mol. The van der Waals surface area contributed by atoms with E-state index in [1.54, 1.807) is 6.20 Å². The maximum absolute atomic E-state index is 4.77. The number of rotatable bonds is 8. The Balaban J connectivity index is 1.33. The van der Waals surface area contributed by atoms with Crippen LogP contribution in [-0.2, 0) is 19.6 Å². The Kier molecular flexibility index (Phi) is 7.34. The van der Waals surface area contributed by atoms with Gasteiger partial charge in [0.15, 0.2) is 5.96 Å². The molecule has 162 valence electrons. The lowest BCUT2D eigenvalue weighted by molar-refractivity contribution is 0.331. The quantitative estimate of drug-likeness (QED) is 0.434. The molecule has 0 amide bonds. The average Bonchev–Trinajstić information content (AvgIpc) is 3.51. The number of hydrogen-bond acceptors (Lipinski definition) is 3. The molecule has 4 rings (SSSR count). The summed E-state index contributed by atoms with van der Waals surface area (Å²) in [6.45, 7) is 7.81. The Morgan fingerprint density at radius 1 is 0.968 bits per heavy atom. The minimum atomic E-state index is 0.610. The highest BCUT2D eigenvalue weighted by atomic mass is 15.3. The van der Waals surface area contributed by atoms with E-state index in [0.29, 0.717) is 6.54 Å². The lowest BCUT2D eigenvalue weighted by Crippen LogP contribution is -2.36. The van der Waals surface area contributed by atoms with Crippen molar-refractivity contribution in [2.45, 2.75) is 39.4 Å². The molecule has 31 heavy (non-hydrogen) atoms. The van der Waals surface area contributed by atoms with Gasteiger partial charge >= 0.3 is 0 Å². The normalized spacial score (nSPS) is 14.7. The summed E-state index contributed by atoms with van der Waals surface area (Å²) in [7, 11) is 0. The first-order valence-electron chi connectivity index (χ1n) is 11.2. The molecular formula is C25H32N6. The van der Waals surface area contributed by atoms with E-state index in [2.05, 4.69) is 70.0 Å². The van der Waals surface area contributed by atoms with Crippen molar-refractivity contribution in [3.63, 3.8) is 0 Å². The summed E-state index contributed by atoms with van der Waals surface area (Å²) in [5.74, 6) is 0.827. The van der Waals surface area contributed by atoms with Crippen molar-refractivity contribution in [1.82, 2.24) is 25.3 Å². The second-order valence-electron chi connectivity index (χ2n) is 7.97. The number of aliphatic imine (C=N–C) groups is 1. The van der Waals surface area contributed by atoms with Crippen molar-refractivity contribution in [2.24, 2.45) is 4.99 Å². The van der Waals surface area contributed by atoms with Gasteiger partial charge in [-0.05, 0) is 67.7 Å². The first-order chi connectivity index (χ1) is 15.3. The summed E-state index contributed by atoms with van der Waals surface area (Å²) in [4.78, 5) is 7.30. The molecular weight excluding hydrogens is 384 g/mol. The molecule has 6 heteroatoms. The lowest BCUT2D eigenvalue weighted by Gasteiger charge is -2.15. The van der Waals surface area contributed by atoms with Crippen LogP contribution in [0.3, 0.4) is 0 Å². The predicted octanol–water partition coefficient (Wildman–Crippen LogP) is 3.72. The van der Waals surface area contributed by atoms with E-state index in [-0.39, 0.29) is 0 Å². The fourth-order valence-electron chi connectivity index (χ4n) is 3.88. The second kappa shape index (κ2) is 10.8. The van der Waals surface area contributed by atoms with Gasteiger partial charge in [0.1, 0.15) is 0 Å². The molecule has 0 atom stereocenters. The second-order valence-corrected chi connectivity index (χ2v) is 7.97. The smallest absolute Gasteiger partial charge is 0.191 e. The van der Waals surface area contributed by atoms with Gasteiger partial charge in [-0.15, -0.1) is 0 Å². The molecule has 1 fully saturated rings. The van der Waals surface area contributed by atoms with Crippen LogP contribution in [0.2, 0.25) is 0 Å². The van der Waals surface area contributed by atoms with Crippen molar-refractivity contribution in [1.29, 1.82) is 0 Å². The minimum absolute atomic E-state index is 0.610. The summed E-state index contributed by atoms with van der Waals surface area (Å²) in [6.07, 6.45) is 6.41. The molecule has 1 aliphatic rings. The molecule has 0 bridgehead atoms. The summed E-state index contributed by atoms with van der Waals surface area (Å²) in [5, 5.41) is 11.1. The number of nitrogens with zero attached hydrogens (tertiary/aromatic N) is 4. The molecule has 1 saturated heterocycles. The Bertz CT molecular complexity index is 956. The highest BCUT2D eigenvalue weighted by molar-refractivity contribution is 5.79. The Hall–Kier alpha value is -3.12. The third-order valence-electron chi connectivity index (χ3n) is 5.53. The number of nitrogens with one attached hydrogen (secondary N) is 2. The fraction of sp³-hybridized carbons (Fsp3) is 0.360. The minimum Gasteiger partial charge on any atom is -0.357 e. The molecule has 0 saturated carbocycles. The summed E-state index contributed by atoms with van der Waals surface area (Å²) in [6, 6.07) is 19.2. The number of aromatic nitrogens is 2. The van der Waals surface area contributed by atoms with E-state index < -0.39 is 0 Å². The van der Waals surface area contributed by atoms with Gasteiger partial charge in [-0.3, -0.25) is 4.90 Å². The summed E-state index contributed by atoms with van der Waals surface area (Å²) < 4.78 is 1.87. The van der Waals surface area contributed by atoms with Crippen molar-refractivity contribution in [3.8, 4) is 5.69 Å². The highest BCUT2D eigenvalue weighted by Crippen LogP contribution is 2.13. The molecule has 1 aliphatic heterocycles. The number of benzene rings is 2. The van der Waals surface area contributed by atoms with Crippen LogP contribution < -0.4 is 10.6 Å². The fourth-order valence-corrected chi connectivity index (χ4v) is 3.88. The van der Waals surface area contributed by atoms with E-state index in [9.17, 15) is 0 Å². The third kappa shape index (κ3) is 6.18. The molecule has 6 nitrogen and oxygen atoms in total. The highest BCUT2D eigenvalue weighted by Gasteiger charge is 2.11. The molecule has 0 radical (unpaired) electrons. The van der Waals surface area contributed by atoms with Crippen LogP contribution in [0, 0.1) is 0 Å².